The first-order chi connectivity index (χ1) is 9.54. The van der Waals surface area contributed by atoms with Crippen molar-refractivity contribution >= 4 is 39.1 Å². The quantitative estimate of drug-likeness (QED) is 0.779. The molecular weight excluding hydrogens is 348 g/mol. The minimum Gasteiger partial charge on any atom is -0.481 e. The molecule has 3 heterocycles. The van der Waals surface area contributed by atoms with E-state index in [1.807, 2.05) is 0 Å². The molecule has 3 aromatic heterocycles. The van der Waals surface area contributed by atoms with Crippen molar-refractivity contribution in [3.8, 4) is 11.5 Å². The summed E-state index contributed by atoms with van der Waals surface area (Å²) in [5.41, 5.74) is 1.64. The highest BCUT2D eigenvalue weighted by Gasteiger charge is 2.19. The lowest BCUT2D eigenvalue weighted by Crippen LogP contribution is -2.04. The molecule has 20 heavy (non-hydrogen) atoms. The third kappa shape index (κ3) is 2.32. The van der Waals surface area contributed by atoms with E-state index in [1.54, 1.807) is 34.9 Å². The number of hydrogen-bond donors (Lipinski definition) is 1. The van der Waals surface area contributed by atoms with Crippen LogP contribution in [0.4, 0.5) is 0 Å². The minimum absolute atomic E-state index is 0.171. The number of rotatable bonds is 3. The molecule has 3 aromatic rings. The van der Waals surface area contributed by atoms with Crippen LogP contribution in [0.15, 0.2) is 39.5 Å². The summed E-state index contributed by atoms with van der Waals surface area (Å²) in [6.45, 7) is 0. The van der Waals surface area contributed by atoms with Crippen molar-refractivity contribution in [1.29, 1.82) is 0 Å². The molecule has 0 aliphatic carbocycles. The van der Waals surface area contributed by atoms with Gasteiger partial charge in [0.2, 0.25) is 0 Å². The first-order valence-electron chi connectivity index (χ1n) is 5.68. The summed E-state index contributed by atoms with van der Waals surface area (Å²) < 4.78 is 7.69. The number of imidazole rings is 1. The Morgan fingerprint density at radius 1 is 1.40 bits per heavy atom. The largest absolute Gasteiger partial charge is 0.481 e. The van der Waals surface area contributed by atoms with Crippen molar-refractivity contribution in [3.05, 3.63) is 45.8 Å². The lowest BCUT2D eigenvalue weighted by molar-refractivity contribution is -0.136. The average Bonchev–Trinajstić information content (AvgIpc) is 2.94. The van der Waals surface area contributed by atoms with Gasteiger partial charge in [0.1, 0.15) is 11.3 Å². The van der Waals surface area contributed by atoms with Crippen LogP contribution in [0.25, 0.3) is 17.1 Å². The molecule has 0 bridgehead atoms. The third-order valence-electron chi connectivity index (χ3n) is 2.81. The summed E-state index contributed by atoms with van der Waals surface area (Å²) in [6.07, 6.45) is 1.47. The third-order valence-corrected chi connectivity index (χ3v) is 3.46. The van der Waals surface area contributed by atoms with Crippen LogP contribution in [-0.2, 0) is 11.2 Å². The molecule has 0 radical (unpaired) electrons. The summed E-state index contributed by atoms with van der Waals surface area (Å²) >= 11 is 9.18. The normalized spacial score (nSPS) is 11.1. The zero-order chi connectivity index (χ0) is 14.3. The number of carboxylic acids is 1. The molecule has 0 saturated carbocycles. The van der Waals surface area contributed by atoms with Crippen molar-refractivity contribution in [2.45, 2.75) is 6.42 Å². The molecule has 7 heteroatoms. The zero-order valence-electron chi connectivity index (χ0n) is 10.0. The topological polar surface area (TPSA) is 67.7 Å². The molecule has 1 N–H and O–H groups in total. The van der Waals surface area contributed by atoms with Crippen molar-refractivity contribution in [3.63, 3.8) is 0 Å². The van der Waals surface area contributed by atoms with E-state index in [0.717, 1.165) is 0 Å². The number of hydrogen-bond acceptors (Lipinski definition) is 3. The van der Waals surface area contributed by atoms with Gasteiger partial charge in [-0.25, -0.2) is 4.98 Å². The van der Waals surface area contributed by atoms with Crippen LogP contribution in [0.3, 0.4) is 0 Å². The highest BCUT2D eigenvalue weighted by atomic mass is 79.9. The SMILES string of the molecule is O=C(O)Cc1c(-c2ccc(Br)o2)nc2ccc(Cl)cn12. The first kappa shape index (κ1) is 13.2. The van der Waals surface area contributed by atoms with Gasteiger partial charge >= 0.3 is 5.97 Å². The molecule has 0 aromatic carbocycles. The Hall–Kier alpha value is -1.79. The molecule has 5 nitrogen and oxygen atoms in total. The Kier molecular flexibility index (Phi) is 3.27. The van der Waals surface area contributed by atoms with E-state index in [4.69, 9.17) is 21.1 Å². The summed E-state index contributed by atoms with van der Waals surface area (Å²) in [5, 5.41) is 9.58. The monoisotopic (exact) mass is 354 g/mol. The van der Waals surface area contributed by atoms with Crippen LogP contribution >= 0.6 is 27.5 Å². The number of fused-ring (bicyclic) bond motifs is 1. The number of aliphatic carboxylic acids is 1. The van der Waals surface area contributed by atoms with Crippen molar-refractivity contribution < 1.29 is 14.3 Å². The molecule has 0 spiro atoms. The van der Waals surface area contributed by atoms with Crippen molar-refractivity contribution in [2.24, 2.45) is 0 Å². The first-order valence-corrected chi connectivity index (χ1v) is 6.85. The fraction of sp³-hybridized carbons (Fsp3) is 0.0769. The predicted octanol–water partition coefficient (Wildman–Crippen LogP) is 3.64. The zero-order valence-corrected chi connectivity index (χ0v) is 12.3. The number of aromatic nitrogens is 2. The van der Waals surface area contributed by atoms with Crippen LogP contribution in [0.5, 0.6) is 0 Å². The molecule has 0 atom stereocenters. The van der Waals surface area contributed by atoms with E-state index < -0.39 is 5.97 Å². The second-order valence-electron chi connectivity index (χ2n) is 4.16. The average molecular weight is 356 g/mol. The maximum Gasteiger partial charge on any atom is 0.309 e. The summed E-state index contributed by atoms with van der Waals surface area (Å²) in [7, 11) is 0. The molecule has 3 rings (SSSR count). The molecular formula is C13H8BrClN2O3. The van der Waals surface area contributed by atoms with Gasteiger partial charge in [-0.3, -0.25) is 4.79 Å². The molecule has 0 unspecified atom stereocenters. The molecule has 0 fully saturated rings. The maximum absolute atomic E-state index is 11.1. The van der Waals surface area contributed by atoms with E-state index in [-0.39, 0.29) is 6.42 Å². The molecule has 0 aliphatic rings. The number of carbonyl (C=O) groups is 1. The maximum atomic E-state index is 11.1. The van der Waals surface area contributed by atoms with Crippen LogP contribution in [0.1, 0.15) is 5.69 Å². The van der Waals surface area contributed by atoms with Gasteiger partial charge in [-0.1, -0.05) is 11.6 Å². The van der Waals surface area contributed by atoms with Crippen LogP contribution in [0.2, 0.25) is 5.02 Å². The van der Waals surface area contributed by atoms with Crippen molar-refractivity contribution in [1.82, 2.24) is 9.38 Å². The second kappa shape index (κ2) is 4.96. The smallest absolute Gasteiger partial charge is 0.309 e. The molecule has 102 valence electrons. The number of furan rings is 1. The fourth-order valence-electron chi connectivity index (χ4n) is 2.02. The lowest BCUT2D eigenvalue weighted by Gasteiger charge is -2.01. The van der Waals surface area contributed by atoms with E-state index >= 15 is 0 Å². The number of halogens is 2. The van der Waals surface area contributed by atoms with Crippen LogP contribution in [-0.4, -0.2) is 20.5 Å². The van der Waals surface area contributed by atoms with Gasteiger partial charge in [0, 0.05) is 6.20 Å². The Morgan fingerprint density at radius 2 is 2.20 bits per heavy atom. The minimum atomic E-state index is -0.946. The summed E-state index contributed by atoms with van der Waals surface area (Å²) in [4.78, 5) is 15.5. The highest BCUT2D eigenvalue weighted by Crippen LogP contribution is 2.29. The van der Waals surface area contributed by atoms with Crippen LogP contribution in [0, 0.1) is 0 Å². The Balaban J connectivity index is 2.27. The van der Waals surface area contributed by atoms with E-state index in [0.29, 0.717) is 32.5 Å². The van der Waals surface area contributed by atoms with Gasteiger partial charge in [0.05, 0.1) is 17.1 Å². The van der Waals surface area contributed by atoms with Gasteiger partial charge in [-0.2, -0.15) is 0 Å². The van der Waals surface area contributed by atoms with Crippen LogP contribution < -0.4 is 0 Å². The van der Waals surface area contributed by atoms with Gasteiger partial charge in [0.15, 0.2) is 10.4 Å². The predicted molar refractivity (Wildman–Crippen MR) is 76.9 cm³/mol. The number of nitrogens with zero attached hydrogens (tertiary/aromatic N) is 2. The highest BCUT2D eigenvalue weighted by molar-refractivity contribution is 9.10. The lowest BCUT2D eigenvalue weighted by atomic mass is 10.2. The van der Waals surface area contributed by atoms with Crippen molar-refractivity contribution in [2.75, 3.05) is 0 Å². The second-order valence-corrected chi connectivity index (χ2v) is 5.37. The summed E-state index contributed by atoms with van der Waals surface area (Å²) in [6, 6.07) is 6.90. The van der Waals surface area contributed by atoms with E-state index in [1.165, 1.54) is 0 Å². The van der Waals surface area contributed by atoms with Gasteiger partial charge in [0.25, 0.3) is 0 Å². The van der Waals surface area contributed by atoms with E-state index in [2.05, 4.69) is 20.9 Å². The fourth-order valence-corrected chi connectivity index (χ4v) is 2.49. The Bertz CT molecular complexity index is 809. The van der Waals surface area contributed by atoms with Gasteiger partial charge in [-0.15, -0.1) is 0 Å². The van der Waals surface area contributed by atoms with E-state index in [9.17, 15) is 4.79 Å². The Labute approximate surface area is 126 Å². The standard InChI is InChI=1S/C13H8BrClN2O3/c14-10-3-2-9(20-10)13-8(5-12(18)19)17-6-7(15)1-4-11(17)16-13/h1-4,6H,5H2,(H,18,19). The molecule has 0 saturated heterocycles. The van der Waals surface area contributed by atoms with Gasteiger partial charge < -0.3 is 13.9 Å². The number of carboxylic acid groups (broad SMARTS) is 1. The van der Waals surface area contributed by atoms with Gasteiger partial charge in [-0.05, 0) is 40.2 Å². The summed E-state index contributed by atoms with van der Waals surface area (Å²) in [5.74, 6) is -0.438. The number of pyridine rings is 1. The molecule has 0 amide bonds. The molecule has 0 aliphatic heterocycles. The Morgan fingerprint density at radius 3 is 2.85 bits per heavy atom.